The van der Waals surface area contributed by atoms with Crippen LogP contribution in [0, 0.1) is 0 Å². The Morgan fingerprint density at radius 2 is 2.14 bits per heavy atom. The van der Waals surface area contributed by atoms with Crippen LogP contribution in [0.2, 0.25) is 0 Å². The SMILES string of the molecule is CCCNCC1CCCCN1S(=O)(=O)c1ccc(CC)s1. The molecule has 1 N–H and O–H groups in total. The molecule has 0 spiro atoms. The predicted octanol–water partition coefficient (Wildman–Crippen LogP) is 2.85. The number of hydrogen-bond acceptors (Lipinski definition) is 4. The summed E-state index contributed by atoms with van der Waals surface area (Å²) in [5, 5.41) is 3.37. The van der Waals surface area contributed by atoms with E-state index in [4.69, 9.17) is 0 Å². The first kappa shape index (κ1) is 16.9. The van der Waals surface area contributed by atoms with Gasteiger partial charge in [0.2, 0.25) is 0 Å². The van der Waals surface area contributed by atoms with Gasteiger partial charge in [-0.1, -0.05) is 20.3 Å². The smallest absolute Gasteiger partial charge is 0.252 e. The van der Waals surface area contributed by atoms with Crippen LogP contribution in [0.1, 0.15) is 44.4 Å². The van der Waals surface area contributed by atoms with Crippen molar-refractivity contribution in [2.45, 2.75) is 56.2 Å². The van der Waals surface area contributed by atoms with Gasteiger partial charge >= 0.3 is 0 Å². The second kappa shape index (κ2) is 7.72. The van der Waals surface area contributed by atoms with Crippen LogP contribution >= 0.6 is 11.3 Å². The number of nitrogens with zero attached hydrogens (tertiary/aromatic N) is 1. The molecule has 0 radical (unpaired) electrons. The molecule has 1 fully saturated rings. The first-order valence-corrected chi connectivity index (χ1v) is 10.2. The summed E-state index contributed by atoms with van der Waals surface area (Å²) in [5.74, 6) is 0. The van der Waals surface area contributed by atoms with Crippen molar-refractivity contribution in [3.8, 4) is 0 Å². The van der Waals surface area contributed by atoms with Gasteiger partial charge < -0.3 is 5.32 Å². The predicted molar refractivity (Wildman–Crippen MR) is 88.4 cm³/mol. The molecule has 0 aliphatic carbocycles. The Hall–Kier alpha value is -0.430. The molecule has 1 aliphatic heterocycles. The third kappa shape index (κ3) is 4.06. The number of aryl methyl sites for hydroxylation is 1. The zero-order chi connectivity index (χ0) is 15.3. The Bertz CT molecular complexity index is 540. The van der Waals surface area contributed by atoms with Gasteiger partial charge in [-0.3, -0.25) is 0 Å². The summed E-state index contributed by atoms with van der Waals surface area (Å²) in [5.41, 5.74) is 0. The van der Waals surface area contributed by atoms with Crippen molar-refractivity contribution in [3.05, 3.63) is 17.0 Å². The number of sulfonamides is 1. The standard InChI is InChI=1S/C15H26N2O2S2/c1-3-10-16-12-13-7-5-6-11-17(13)21(18,19)15-9-8-14(4-2)20-15/h8-9,13,16H,3-7,10-12H2,1-2H3. The Morgan fingerprint density at radius 3 is 2.81 bits per heavy atom. The topological polar surface area (TPSA) is 49.4 Å². The molecule has 21 heavy (non-hydrogen) atoms. The summed E-state index contributed by atoms with van der Waals surface area (Å²) in [6, 6.07) is 3.80. The van der Waals surface area contributed by atoms with Crippen molar-refractivity contribution in [2.24, 2.45) is 0 Å². The second-order valence-electron chi connectivity index (χ2n) is 5.54. The number of piperidine rings is 1. The summed E-state index contributed by atoms with van der Waals surface area (Å²) in [6.45, 7) is 6.55. The lowest BCUT2D eigenvalue weighted by molar-refractivity contribution is 0.246. The molecule has 2 heterocycles. The van der Waals surface area contributed by atoms with Crippen LogP contribution in [0.5, 0.6) is 0 Å². The highest BCUT2D eigenvalue weighted by molar-refractivity contribution is 7.91. The van der Waals surface area contributed by atoms with Crippen LogP contribution in [0.4, 0.5) is 0 Å². The molecule has 1 aromatic rings. The van der Waals surface area contributed by atoms with E-state index in [2.05, 4.69) is 19.2 Å². The van der Waals surface area contributed by atoms with Gasteiger partial charge in [0.05, 0.1) is 0 Å². The van der Waals surface area contributed by atoms with Gasteiger partial charge in [0, 0.05) is 24.0 Å². The zero-order valence-corrected chi connectivity index (χ0v) is 14.6. The van der Waals surface area contributed by atoms with Crippen molar-refractivity contribution in [3.63, 3.8) is 0 Å². The molecule has 1 saturated heterocycles. The largest absolute Gasteiger partial charge is 0.315 e. The summed E-state index contributed by atoms with van der Waals surface area (Å²) >= 11 is 1.41. The van der Waals surface area contributed by atoms with E-state index < -0.39 is 10.0 Å². The minimum Gasteiger partial charge on any atom is -0.315 e. The Labute approximate surface area is 132 Å². The van der Waals surface area contributed by atoms with Crippen LogP contribution in [0.15, 0.2) is 16.3 Å². The average Bonchev–Trinajstić information content (AvgIpc) is 2.98. The first-order valence-electron chi connectivity index (χ1n) is 7.90. The van der Waals surface area contributed by atoms with E-state index in [1.54, 1.807) is 10.4 Å². The Balaban J connectivity index is 2.14. The zero-order valence-electron chi connectivity index (χ0n) is 13.0. The molecule has 1 aromatic heterocycles. The van der Waals surface area contributed by atoms with Crippen LogP contribution in [-0.4, -0.2) is 38.4 Å². The molecular weight excluding hydrogens is 304 g/mol. The number of rotatable bonds is 7. The highest BCUT2D eigenvalue weighted by Crippen LogP contribution is 2.29. The van der Waals surface area contributed by atoms with E-state index in [1.807, 2.05) is 6.07 Å². The van der Waals surface area contributed by atoms with Gasteiger partial charge in [-0.25, -0.2) is 8.42 Å². The average molecular weight is 331 g/mol. The third-order valence-electron chi connectivity index (χ3n) is 3.93. The van der Waals surface area contributed by atoms with Crippen molar-refractivity contribution in [2.75, 3.05) is 19.6 Å². The molecule has 6 heteroatoms. The normalized spacial score (nSPS) is 20.8. The second-order valence-corrected chi connectivity index (χ2v) is 8.83. The fraction of sp³-hybridized carbons (Fsp3) is 0.733. The lowest BCUT2D eigenvalue weighted by Gasteiger charge is -2.34. The molecule has 2 rings (SSSR count). The molecule has 0 aromatic carbocycles. The molecule has 1 aliphatic rings. The number of nitrogens with one attached hydrogen (secondary N) is 1. The van der Waals surface area contributed by atoms with Gasteiger partial charge in [-0.05, 0) is 44.4 Å². The van der Waals surface area contributed by atoms with E-state index >= 15 is 0 Å². The molecule has 0 saturated carbocycles. The van der Waals surface area contributed by atoms with Crippen LogP contribution < -0.4 is 5.32 Å². The van der Waals surface area contributed by atoms with E-state index in [0.29, 0.717) is 10.8 Å². The van der Waals surface area contributed by atoms with Gasteiger partial charge in [0.1, 0.15) is 4.21 Å². The molecular formula is C15H26N2O2S2. The van der Waals surface area contributed by atoms with Gasteiger partial charge in [-0.2, -0.15) is 4.31 Å². The summed E-state index contributed by atoms with van der Waals surface area (Å²) < 4.78 is 28.0. The summed E-state index contributed by atoms with van der Waals surface area (Å²) in [6.07, 6.45) is 5.01. The molecule has 4 nitrogen and oxygen atoms in total. The molecule has 0 bridgehead atoms. The Morgan fingerprint density at radius 1 is 1.33 bits per heavy atom. The van der Waals surface area contributed by atoms with Crippen molar-refractivity contribution < 1.29 is 8.42 Å². The lowest BCUT2D eigenvalue weighted by atomic mass is 10.1. The molecule has 1 atom stereocenters. The highest BCUT2D eigenvalue weighted by atomic mass is 32.2. The summed E-state index contributed by atoms with van der Waals surface area (Å²) in [4.78, 5) is 1.13. The van der Waals surface area contributed by atoms with Gasteiger partial charge in [0.15, 0.2) is 0 Å². The maximum absolute atomic E-state index is 12.9. The maximum atomic E-state index is 12.9. The lowest BCUT2D eigenvalue weighted by Crippen LogP contribution is -2.48. The minimum atomic E-state index is -3.33. The first-order chi connectivity index (χ1) is 10.1. The van der Waals surface area contributed by atoms with Crippen LogP contribution in [-0.2, 0) is 16.4 Å². The monoisotopic (exact) mass is 330 g/mol. The van der Waals surface area contributed by atoms with Crippen molar-refractivity contribution in [1.29, 1.82) is 0 Å². The van der Waals surface area contributed by atoms with Crippen molar-refractivity contribution in [1.82, 2.24) is 9.62 Å². The van der Waals surface area contributed by atoms with E-state index in [-0.39, 0.29) is 6.04 Å². The van der Waals surface area contributed by atoms with Gasteiger partial charge in [0.25, 0.3) is 10.0 Å². The van der Waals surface area contributed by atoms with Crippen LogP contribution in [0.3, 0.4) is 0 Å². The fourth-order valence-electron chi connectivity index (χ4n) is 2.74. The molecule has 1 unspecified atom stereocenters. The molecule has 0 amide bonds. The third-order valence-corrected chi connectivity index (χ3v) is 7.58. The van der Waals surface area contributed by atoms with Gasteiger partial charge in [-0.15, -0.1) is 11.3 Å². The summed E-state index contributed by atoms with van der Waals surface area (Å²) in [7, 11) is -3.33. The van der Waals surface area contributed by atoms with E-state index in [9.17, 15) is 8.42 Å². The van der Waals surface area contributed by atoms with E-state index in [0.717, 1.165) is 50.1 Å². The molecule has 120 valence electrons. The van der Waals surface area contributed by atoms with Crippen LogP contribution in [0.25, 0.3) is 0 Å². The number of thiophene rings is 1. The Kier molecular flexibility index (Phi) is 6.22. The van der Waals surface area contributed by atoms with Crippen molar-refractivity contribution >= 4 is 21.4 Å². The maximum Gasteiger partial charge on any atom is 0.252 e. The highest BCUT2D eigenvalue weighted by Gasteiger charge is 2.34. The quantitative estimate of drug-likeness (QED) is 0.782. The number of hydrogen-bond donors (Lipinski definition) is 1. The minimum absolute atomic E-state index is 0.0995. The fourth-order valence-corrected chi connectivity index (χ4v) is 5.86. The van der Waals surface area contributed by atoms with E-state index in [1.165, 1.54) is 11.3 Å².